The smallest absolute Gasteiger partial charge is 0.269 e. The number of thiocarbonyl (C=S) groups is 1. The van der Waals surface area contributed by atoms with Crippen LogP contribution in [0, 0.1) is 11.8 Å². The molecule has 0 aromatic heterocycles. The quantitative estimate of drug-likeness (QED) is 0.316. The summed E-state index contributed by atoms with van der Waals surface area (Å²) in [4.78, 5) is 36.5. The SMILES string of the molecule is CC(C)CCOc1ccc(C(=O)NC(=S)NNC(=O)c2ccc(NC(=O)CC(C)C)cc2)cc1. The van der Waals surface area contributed by atoms with Gasteiger partial charge >= 0.3 is 0 Å². The maximum absolute atomic E-state index is 12.4. The topological polar surface area (TPSA) is 109 Å². The minimum absolute atomic E-state index is 0.0480. The number of amides is 3. The fourth-order valence-corrected chi connectivity index (χ4v) is 2.94. The number of ether oxygens (including phenoxy) is 1. The van der Waals surface area contributed by atoms with Crippen LogP contribution in [0.25, 0.3) is 0 Å². The average molecular weight is 485 g/mol. The zero-order chi connectivity index (χ0) is 25.1. The number of hydrogen-bond acceptors (Lipinski definition) is 5. The number of carbonyl (C=O) groups is 3. The van der Waals surface area contributed by atoms with Gasteiger partial charge in [-0.2, -0.15) is 0 Å². The first kappa shape index (κ1) is 26.8. The lowest BCUT2D eigenvalue weighted by atomic mass is 10.1. The molecule has 0 bridgehead atoms. The lowest BCUT2D eigenvalue weighted by Crippen LogP contribution is -2.48. The third kappa shape index (κ3) is 9.58. The molecule has 34 heavy (non-hydrogen) atoms. The molecule has 0 aliphatic carbocycles. The molecule has 2 rings (SSSR count). The van der Waals surface area contributed by atoms with E-state index in [1.165, 1.54) is 0 Å². The predicted molar refractivity (Wildman–Crippen MR) is 137 cm³/mol. The molecule has 0 saturated heterocycles. The molecule has 0 fully saturated rings. The van der Waals surface area contributed by atoms with E-state index in [1.807, 2.05) is 13.8 Å². The van der Waals surface area contributed by atoms with Gasteiger partial charge in [-0.15, -0.1) is 0 Å². The minimum atomic E-state index is -0.445. The highest BCUT2D eigenvalue weighted by Crippen LogP contribution is 2.14. The summed E-state index contributed by atoms with van der Waals surface area (Å²) in [7, 11) is 0. The molecule has 2 aromatic carbocycles. The highest BCUT2D eigenvalue weighted by molar-refractivity contribution is 7.80. The van der Waals surface area contributed by atoms with Crippen molar-refractivity contribution in [2.75, 3.05) is 11.9 Å². The Labute approximate surface area is 205 Å². The monoisotopic (exact) mass is 484 g/mol. The van der Waals surface area contributed by atoms with E-state index in [0.717, 1.165) is 6.42 Å². The number of hydrazine groups is 1. The first-order chi connectivity index (χ1) is 16.1. The molecule has 0 heterocycles. The number of benzene rings is 2. The van der Waals surface area contributed by atoms with Crippen molar-refractivity contribution in [3.63, 3.8) is 0 Å². The van der Waals surface area contributed by atoms with Crippen LogP contribution in [0.15, 0.2) is 48.5 Å². The third-order valence-corrected chi connectivity index (χ3v) is 4.83. The summed E-state index contributed by atoms with van der Waals surface area (Å²) in [6, 6.07) is 13.2. The lowest BCUT2D eigenvalue weighted by molar-refractivity contribution is -0.116. The first-order valence-corrected chi connectivity index (χ1v) is 11.6. The lowest BCUT2D eigenvalue weighted by Gasteiger charge is -2.12. The van der Waals surface area contributed by atoms with Gasteiger partial charge in [0, 0.05) is 23.2 Å². The number of rotatable bonds is 9. The predicted octanol–water partition coefficient (Wildman–Crippen LogP) is 4.05. The second-order valence-corrected chi connectivity index (χ2v) is 9.05. The fraction of sp³-hybridized carbons (Fsp3) is 0.360. The van der Waals surface area contributed by atoms with Gasteiger partial charge in [-0.25, -0.2) is 0 Å². The highest BCUT2D eigenvalue weighted by Gasteiger charge is 2.11. The second kappa shape index (κ2) is 13.3. The molecule has 0 radical (unpaired) electrons. The summed E-state index contributed by atoms with van der Waals surface area (Å²) in [6.07, 6.45) is 1.37. The van der Waals surface area contributed by atoms with E-state index in [1.54, 1.807) is 48.5 Å². The van der Waals surface area contributed by atoms with E-state index in [9.17, 15) is 14.4 Å². The van der Waals surface area contributed by atoms with E-state index in [4.69, 9.17) is 17.0 Å². The Balaban J connectivity index is 1.78. The van der Waals surface area contributed by atoms with Gasteiger partial charge in [0.25, 0.3) is 11.8 Å². The van der Waals surface area contributed by atoms with Gasteiger partial charge in [-0.3, -0.25) is 30.6 Å². The Kier molecular flexibility index (Phi) is 10.5. The summed E-state index contributed by atoms with van der Waals surface area (Å²) in [5, 5.41) is 5.24. The van der Waals surface area contributed by atoms with Crippen LogP contribution in [0.3, 0.4) is 0 Å². The van der Waals surface area contributed by atoms with Crippen molar-refractivity contribution in [2.45, 2.75) is 40.5 Å². The zero-order valence-corrected chi connectivity index (χ0v) is 20.8. The molecule has 0 aliphatic rings. The van der Waals surface area contributed by atoms with Crippen LogP contribution in [0.2, 0.25) is 0 Å². The van der Waals surface area contributed by atoms with Gasteiger partial charge in [-0.05, 0) is 79.0 Å². The van der Waals surface area contributed by atoms with Gasteiger partial charge in [0.1, 0.15) is 5.75 Å². The standard InChI is InChI=1S/C25H32N4O4S/c1-16(2)13-14-33-21-11-7-18(8-12-21)23(31)27-25(34)29-28-24(32)19-5-9-20(10-6-19)26-22(30)15-17(3)4/h5-12,16-17H,13-15H2,1-4H3,(H,26,30)(H,28,32)(H2,27,29,31,34). The molecular weight excluding hydrogens is 452 g/mol. The summed E-state index contributed by atoms with van der Waals surface area (Å²) < 4.78 is 5.64. The molecule has 0 unspecified atom stereocenters. The maximum atomic E-state index is 12.4. The van der Waals surface area contributed by atoms with Gasteiger partial charge in [0.2, 0.25) is 5.91 Å². The minimum Gasteiger partial charge on any atom is -0.494 e. The molecule has 0 spiro atoms. The number of hydrogen-bond donors (Lipinski definition) is 4. The van der Waals surface area contributed by atoms with Crippen LogP contribution in [0.1, 0.15) is 61.3 Å². The van der Waals surface area contributed by atoms with Crippen molar-refractivity contribution in [1.29, 1.82) is 0 Å². The van der Waals surface area contributed by atoms with Crippen LogP contribution in [-0.2, 0) is 4.79 Å². The Bertz CT molecular complexity index is 989. The van der Waals surface area contributed by atoms with Crippen molar-refractivity contribution in [2.24, 2.45) is 11.8 Å². The summed E-state index contributed by atoms with van der Waals surface area (Å²) in [6.45, 7) is 8.80. The summed E-state index contributed by atoms with van der Waals surface area (Å²) in [5.41, 5.74) is 6.30. The van der Waals surface area contributed by atoms with Gasteiger partial charge in [-0.1, -0.05) is 27.7 Å². The molecule has 0 atom stereocenters. The van der Waals surface area contributed by atoms with Crippen LogP contribution >= 0.6 is 12.2 Å². The maximum Gasteiger partial charge on any atom is 0.269 e. The van der Waals surface area contributed by atoms with Crippen molar-refractivity contribution in [3.8, 4) is 5.75 Å². The Morgan fingerprint density at radius 1 is 0.824 bits per heavy atom. The zero-order valence-electron chi connectivity index (χ0n) is 19.9. The van der Waals surface area contributed by atoms with E-state index in [2.05, 4.69) is 35.3 Å². The highest BCUT2D eigenvalue weighted by atomic mass is 32.1. The summed E-state index contributed by atoms with van der Waals surface area (Å²) >= 11 is 5.08. The number of nitrogens with one attached hydrogen (secondary N) is 4. The van der Waals surface area contributed by atoms with Gasteiger partial charge < -0.3 is 10.1 Å². The molecular formula is C25H32N4O4S. The molecule has 2 aromatic rings. The Morgan fingerprint density at radius 3 is 2.00 bits per heavy atom. The Morgan fingerprint density at radius 2 is 1.41 bits per heavy atom. The van der Waals surface area contributed by atoms with Crippen LogP contribution < -0.4 is 26.2 Å². The van der Waals surface area contributed by atoms with Crippen molar-refractivity contribution >= 4 is 40.7 Å². The van der Waals surface area contributed by atoms with Crippen molar-refractivity contribution < 1.29 is 19.1 Å². The van der Waals surface area contributed by atoms with E-state index >= 15 is 0 Å². The fourth-order valence-electron chi connectivity index (χ4n) is 2.79. The average Bonchev–Trinajstić information content (AvgIpc) is 2.77. The van der Waals surface area contributed by atoms with Crippen molar-refractivity contribution in [3.05, 3.63) is 59.7 Å². The van der Waals surface area contributed by atoms with E-state index in [-0.39, 0.29) is 16.9 Å². The Hall–Kier alpha value is -3.46. The molecule has 9 heteroatoms. The third-order valence-electron chi connectivity index (χ3n) is 4.62. The number of carbonyl (C=O) groups excluding carboxylic acids is 3. The van der Waals surface area contributed by atoms with Crippen LogP contribution in [0.4, 0.5) is 5.69 Å². The van der Waals surface area contributed by atoms with Crippen LogP contribution in [-0.4, -0.2) is 29.4 Å². The van der Waals surface area contributed by atoms with Gasteiger partial charge in [0.05, 0.1) is 6.61 Å². The number of anilines is 1. The molecule has 8 nitrogen and oxygen atoms in total. The van der Waals surface area contributed by atoms with Crippen LogP contribution in [0.5, 0.6) is 5.75 Å². The van der Waals surface area contributed by atoms with Crippen molar-refractivity contribution in [1.82, 2.24) is 16.2 Å². The van der Waals surface area contributed by atoms with E-state index in [0.29, 0.717) is 41.5 Å². The molecule has 0 aliphatic heterocycles. The van der Waals surface area contributed by atoms with E-state index < -0.39 is 11.8 Å². The molecule has 4 N–H and O–H groups in total. The normalized spacial score (nSPS) is 10.5. The first-order valence-electron chi connectivity index (χ1n) is 11.2. The molecule has 182 valence electrons. The second-order valence-electron chi connectivity index (χ2n) is 8.64. The summed E-state index contributed by atoms with van der Waals surface area (Å²) in [5.74, 6) is 0.564. The molecule has 0 saturated carbocycles. The molecule has 3 amide bonds. The largest absolute Gasteiger partial charge is 0.494 e. The van der Waals surface area contributed by atoms with Gasteiger partial charge in [0.15, 0.2) is 5.11 Å².